The highest BCUT2D eigenvalue weighted by atomic mass is 35.7. The monoisotopic (exact) mass is 287 g/mol. The summed E-state index contributed by atoms with van der Waals surface area (Å²) in [6.07, 6.45) is 0.929. The van der Waals surface area contributed by atoms with Crippen molar-refractivity contribution < 1.29 is 28.9 Å². The van der Waals surface area contributed by atoms with Crippen molar-refractivity contribution in [1.29, 1.82) is 0 Å². The van der Waals surface area contributed by atoms with Gasteiger partial charge < -0.3 is 0 Å². The second-order valence-electron chi connectivity index (χ2n) is 3.62. The van der Waals surface area contributed by atoms with Crippen LogP contribution in [0.15, 0.2) is 30.3 Å². The molecule has 1 aromatic heterocycles. The smallest absolute Gasteiger partial charge is 0.0858 e. The van der Waals surface area contributed by atoms with Crippen LogP contribution >= 0.6 is 0 Å². The minimum absolute atomic E-state index is 0.929. The van der Waals surface area contributed by atoms with Crippen LogP contribution in [0.1, 0.15) is 18.3 Å². The summed E-state index contributed by atoms with van der Waals surface area (Å²) in [4.78, 5) is 0. The Balaban J connectivity index is 0.000000312. The van der Waals surface area contributed by atoms with Crippen LogP contribution in [0.25, 0.3) is 5.69 Å². The zero-order valence-electron chi connectivity index (χ0n) is 10.5. The Morgan fingerprint density at radius 3 is 2.16 bits per heavy atom. The maximum absolute atomic E-state index is 8.60. The molecule has 0 atom stereocenters. The topological polar surface area (TPSA) is 120 Å². The zero-order valence-corrected chi connectivity index (χ0v) is 11.2. The van der Waals surface area contributed by atoms with Gasteiger partial charge in [0.15, 0.2) is 0 Å². The molecule has 104 valence electrons. The number of hydrogen-bond donors (Lipinski definition) is 1. The third-order valence-electron chi connectivity index (χ3n) is 2.33. The molecule has 0 unspecified atom stereocenters. The highest BCUT2D eigenvalue weighted by Crippen LogP contribution is 2.11. The number of aryl methyl sites for hydroxylation is 1. The Bertz CT molecular complexity index is 504. The second kappa shape index (κ2) is 6.60. The Hall–Kier alpha value is -1.51. The molecule has 0 spiro atoms. The fraction of sp³-hybridized carbons (Fsp3) is 0.273. The highest BCUT2D eigenvalue weighted by Gasteiger charge is 2.06. The Labute approximate surface area is 112 Å². The van der Waals surface area contributed by atoms with E-state index in [0.29, 0.717) is 0 Å². The molecule has 2 aromatic rings. The van der Waals surface area contributed by atoms with E-state index in [0.717, 1.165) is 23.5 Å². The van der Waals surface area contributed by atoms with Gasteiger partial charge in [0.2, 0.25) is 0 Å². The van der Waals surface area contributed by atoms with Gasteiger partial charge in [-0.1, -0.05) is 30.3 Å². The molecular formula is C11H14ClN3O4. The highest BCUT2D eigenvalue weighted by molar-refractivity contribution is 5.32. The van der Waals surface area contributed by atoms with E-state index in [2.05, 4.69) is 17.2 Å². The van der Waals surface area contributed by atoms with Gasteiger partial charge in [-0.3, -0.25) is 0 Å². The summed E-state index contributed by atoms with van der Waals surface area (Å²) in [6.45, 7) is 4.14. The van der Waals surface area contributed by atoms with Crippen molar-refractivity contribution in [2.45, 2.75) is 20.3 Å². The van der Waals surface area contributed by atoms with E-state index < -0.39 is 10.2 Å². The van der Waals surface area contributed by atoms with Gasteiger partial charge in [0.25, 0.3) is 0 Å². The maximum atomic E-state index is 8.60. The van der Waals surface area contributed by atoms with Crippen LogP contribution in [-0.4, -0.2) is 19.7 Å². The van der Waals surface area contributed by atoms with Gasteiger partial charge in [-0.2, -0.15) is 14.0 Å². The predicted octanol–water partition coefficient (Wildman–Crippen LogP) is -1.99. The second-order valence-corrected chi connectivity index (χ2v) is 4.41. The summed E-state index contributed by atoms with van der Waals surface area (Å²) < 4.78 is 34.6. The van der Waals surface area contributed by atoms with Crippen molar-refractivity contribution in [2.75, 3.05) is 0 Å². The summed E-state index contributed by atoms with van der Waals surface area (Å²) >= 11 is 0. The molecular weight excluding hydrogens is 274 g/mol. The van der Waals surface area contributed by atoms with E-state index in [1.807, 2.05) is 41.9 Å². The third kappa shape index (κ3) is 5.33. The van der Waals surface area contributed by atoms with E-state index >= 15 is 0 Å². The summed E-state index contributed by atoms with van der Waals surface area (Å²) in [5, 5.41) is 8.25. The van der Waals surface area contributed by atoms with Crippen LogP contribution in [0.4, 0.5) is 0 Å². The normalized spacial score (nSPS) is 10.8. The van der Waals surface area contributed by atoms with Crippen LogP contribution in [0.2, 0.25) is 0 Å². The number of para-hydroxylation sites is 1. The SMILES string of the molecule is CCc1nnn(-c2ccccc2)c1C.[O-][Cl+3]([O-])([O-])O. The first-order valence-electron chi connectivity index (χ1n) is 5.42. The first kappa shape index (κ1) is 15.5. The molecule has 0 bridgehead atoms. The van der Waals surface area contributed by atoms with Gasteiger partial charge >= 0.3 is 0 Å². The van der Waals surface area contributed by atoms with E-state index in [9.17, 15) is 0 Å². The van der Waals surface area contributed by atoms with Crippen molar-refractivity contribution in [2.24, 2.45) is 0 Å². The number of rotatable bonds is 2. The molecule has 0 aliphatic rings. The first-order chi connectivity index (χ1) is 8.83. The van der Waals surface area contributed by atoms with Gasteiger partial charge in [0.05, 0.1) is 32.0 Å². The summed E-state index contributed by atoms with van der Waals surface area (Å²) in [7, 11) is -4.69. The lowest BCUT2D eigenvalue weighted by molar-refractivity contribution is -1.92. The molecule has 2 rings (SSSR count). The van der Waals surface area contributed by atoms with Crippen LogP contribution in [0, 0.1) is 17.2 Å². The quantitative estimate of drug-likeness (QED) is 0.683. The standard InChI is InChI=1S/C11H13N3.ClHO4/c1-3-11-9(2)14(13-12-11)10-7-5-4-6-8-10;2-1(3,4)5/h4-8H,3H2,1-2H3;(H,2,3,4,5). The van der Waals surface area contributed by atoms with Gasteiger partial charge in [-0.05, 0) is 25.5 Å². The molecule has 0 saturated carbocycles. The van der Waals surface area contributed by atoms with Crippen LogP contribution in [0.5, 0.6) is 0 Å². The number of aromatic nitrogens is 3. The molecule has 8 heteroatoms. The minimum atomic E-state index is -4.69. The number of halogens is 1. The van der Waals surface area contributed by atoms with E-state index in [-0.39, 0.29) is 0 Å². The lowest BCUT2D eigenvalue weighted by atomic mass is 10.2. The third-order valence-corrected chi connectivity index (χ3v) is 2.33. The molecule has 0 fully saturated rings. The molecule has 0 saturated heterocycles. The maximum Gasteiger partial charge on any atom is 0.0858 e. The fourth-order valence-electron chi connectivity index (χ4n) is 1.50. The summed E-state index contributed by atoms with van der Waals surface area (Å²) in [6, 6.07) is 10.1. The van der Waals surface area contributed by atoms with E-state index in [1.165, 1.54) is 0 Å². The van der Waals surface area contributed by atoms with Gasteiger partial charge in [0, 0.05) is 0 Å². The van der Waals surface area contributed by atoms with Gasteiger partial charge in [0.1, 0.15) is 0 Å². The molecule has 1 heterocycles. The van der Waals surface area contributed by atoms with Gasteiger partial charge in [-0.15, -0.1) is 5.10 Å². The van der Waals surface area contributed by atoms with E-state index in [4.69, 9.17) is 18.6 Å². The van der Waals surface area contributed by atoms with Gasteiger partial charge in [-0.25, -0.2) is 4.68 Å². The molecule has 1 aromatic carbocycles. The molecule has 0 amide bonds. The zero-order chi connectivity index (χ0) is 14.5. The number of nitrogens with zero attached hydrogens (tertiary/aromatic N) is 3. The van der Waals surface area contributed by atoms with E-state index in [1.54, 1.807) is 0 Å². The number of benzene rings is 1. The molecule has 1 N–H and O–H groups in total. The van der Waals surface area contributed by atoms with Crippen LogP contribution in [-0.2, 0) is 6.42 Å². The van der Waals surface area contributed by atoms with Crippen molar-refractivity contribution in [3.05, 3.63) is 41.7 Å². The van der Waals surface area contributed by atoms with Crippen molar-refractivity contribution in [3.8, 4) is 5.69 Å². The van der Waals surface area contributed by atoms with Crippen LogP contribution < -0.4 is 14.0 Å². The van der Waals surface area contributed by atoms with Crippen molar-refractivity contribution in [1.82, 2.24) is 15.0 Å². The summed E-state index contributed by atoms with van der Waals surface area (Å²) in [5.74, 6) is 0. The molecule has 0 aliphatic carbocycles. The Morgan fingerprint density at radius 2 is 1.74 bits per heavy atom. The first-order valence-corrected chi connectivity index (χ1v) is 6.69. The van der Waals surface area contributed by atoms with Crippen LogP contribution in [0.3, 0.4) is 0 Å². The van der Waals surface area contributed by atoms with Crippen molar-refractivity contribution in [3.63, 3.8) is 0 Å². The average molecular weight is 288 g/mol. The lowest BCUT2D eigenvalue weighted by Crippen LogP contribution is -2.58. The number of hydrogen-bond acceptors (Lipinski definition) is 6. The fourth-order valence-corrected chi connectivity index (χ4v) is 1.50. The minimum Gasteiger partial charge on any atom is -0.218 e. The average Bonchev–Trinajstić information content (AvgIpc) is 2.69. The predicted molar refractivity (Wildman–Crippen MR) is 57.7 cm³/mol. The molecule has 19 heavy (non-hydrogen) atoms. The van der Waals surface area contributed by atoms with Crippen molar-refractivity contribution >= 4 is 0 Å². The lowest BCUT2D eigenvalue weighted by Gasteiger charge is -2.03. The molecule has 7 nitrogen and oxygen atoms in total. The Morgan fingerprint density at radius 1 is 1.21 bits per heavy atom. The molecule has 0 radical (unpaired) electrons. The largest absolute Gasteiger partial charge is 0.218 e. The Kier molecular flexibility index (Phi) is 5.40. The molecule has 0 aliphatic heterocycles. The summed E-state index contributed by atoms with van der Waals surface area (Å²) in [5.41, 5.74) is 3.25.